The quantitative estimate of drug-likeness (QED) is 0.649. The van der Waals surface area contributed by atoms with Crippen LogP contribution in [0.4, 0.5) is 0 Å². The third-order valence-corrected chi connectivity index (χ3v) is 4.33. The minimum absolute atomic E-state index is 0.108. The number of hydrogen-bond acceptors (Lipinski definition) is 5. The molecule has 0 saturated carbocycles. The van der Waals surface area contributed by atoms with Crippen LogP contribution in [0.3, 0.4) is 0 Å². The fraction of sp³-hybridized carbons (Fsp3) is 0.333. The normalized spacial score (nSPS) is 12.3. The first-order chi connectivity index (χ1) is 13.0. The molecule has 6 nitrogen and oxygen atoms in total. The zero-order chi connectivity index (χ0) is 19.2. The first-order valence-electron chi connectivity index (χ1n) is 9.12. The molecule has 27 heavy (non-hydrogen) atoms. The molecule has 3 rings (SSSR count). The number of hydrogen-bond donors (Lipinski definition) is 1. The Kier molecular flexibility index (Phi) is 6.08. The van der Waals surface area contributed by atoms with Crippen LogP contribution >= 0.6 is 0 Å². The van der Waals surface area contributed by atoms with Gasteiger partial charge >= 0.3 is 0 Å². The van der Waals surface area contributed by atoms with Crippen molar-refractivity contribution < 1.29 is 13.6 Å². The number of furan rings is 2. The van der Waals surface area contributed by atoms with E-state index in [1.807, 2.05) is 51.4 Å². The molecule has 1 atom stereocenters. The first-order valence-corrected chi connectivity index (χ1v) is 9.12. The van der Waals surface area contributed by atoms with Gasteiger partial charge in [-0.3, -0.25) is 14.7 Å². The molecule has 6 heteroatoms. The van der Waals surface area contributed by atoms with Crippen molar-refractivity contribution in [1.29, 1.82) is 0 Å². The number of aromatic nitrogens is 1. The molecule has 3 heterocycles. The van der Waals surface area contributed by atoms with Crippen LogP contribution in [0.25, 0.3) is 11.5 Å². The maximum atomic E-state index is 12.1. The van der Waals surface area contributed by atoms with E-state index in [-0.39, 0.29) is 17.7 Å². The molecule has 0 aliphatic heterocycles. The Bertz CT molecular complexity index is 870. The fourth-order valence-corrected chi connectivity index (χ4v) is 2.71. The molecule has 1 N–H and O–H groups in total. The van der Waals surface area contributed by atoms with Gasteiger partial charge in [-0.25, -0.2) is 0 Å². The maximum Gasteiger partial charge on any atom is 0.287 e. The smallest absolute Gasteiger partial charge is 0.287 e. The molecule has 0 radical (unpaired) electrons. The Morgan fingerprint density at radius 3 is 2.67 bits per heavy atom. The van der Waals surface area contributed by atoms with Gasteiger partial charge in [0.1, 0.15) is 5.76 Å². The number of nitrogens with one attached hydrogen (secondary N) is 1. The minimum Gasteiger partial charge on any atom is -0.456 e. The summed E-state index contributed by atoms with van der Waals surface area (Å²) in [5.41, 5.74) is 1.15. The lowest BCUT2D eigenvalue weighted by atomic mass is 10.2. The van der Waals surface area contributed by atoms with Crippen molar-refractivity contribution in [3.05, 3.63) is 65.9 Å². The summed E-state index contributed by atoms with van der Waals surface area (Å²) in [5.74, 6) is 2.07. The zero-order valence-corrected chi connectivity index (χ0v) is 15.9. The van der Waals surface area contributed by atoms with Crippen molar-refractivity contribution in [2.75, 3.05) is 7.05 Å². The molecule has 3 aromatic heterocycles. The Balaban J connectivity index is 1.61. The molecule has 0 aliphatic rings. The van der Waals surface area contributed by atoms with Gasteiger partial charge in [-0.05, 0) is 56.3 Å². The summed E-state index contributed by atoms with van der Waals surface area (Å²) in [6.45, 7) is 5.43. The van der Waals surface area contributed by atoms with Crippen molar-refractivity contribution in [3.8, 4) is 11.5 Å². The highest BCUT2D eigenvalue weighted by Crippen LogP contribution is 2.25. The molecule has 0 aliphatic carbocycles. The molecule has 0 bridgehead atoms. The van der Waals surface area contributed by atoms with E-state index >= 15 is 0 Å². The number of carbonyl (C=O) groups is 1. The third kappa shape index (κ3) is 5.08. The van der Waals surface area contributed by atoms with E-state index in [2.05, 4.69) is 15.2 Å². The summed E-state index contributed by atoms with van der Waals surface area (Å²) in [4.78, 5) is 18.4. The van der Waals surface area contributed by atoms with E-state index in [4.69, 9.17) is 8.83 Å². The third-order valence-electron chi connectivity index (χ3n) is 4.33. The Labute approximate surface area is 159 Å². The number of pyridine rings is 1. The molecule has 1 unspecified atom stereocenters. The SMILES string of the molecule is CCC(C)NC(=O)c1ccc(-c2ccc(CN(C)Cc3cccnc3)o2)o1. The largest absolute Gasteiger partial charge is 0.456 e. The highest BCUT2D eigenvalue weighted by atomic mass is 16.4. The number of rotatable bonds is 8. The summed E-state index contributed by atoms with van der Waals surface area (Å²) >= 11 is 0. The fourth-order valence-electron chi connectivity index (χ4n) is 2.71. The van der Waals surface area contributed by atoms with Gasteiger partial charge in [-0.2, -0.15) is 0 Å². The van der Waals surface area contributed by atoms with Gasteiger partial charge in [-0.15, -0.1) is 0 Å². The monoisotopic (exact) mass is 367 g/mol. The van der Waals surface area contributed by atoms with Gasteiger partial charge in [-0.1, -0.05) is 13.0 Å². The molecule has 1 amide bonds. The van der Waals surface area contributed by atoms with Crippen molar-refractivity contribution in [2.24, 2.45) is 0 Å². The maximum absolute atomic E-state index is 12.1. The molecular formula is C21H25N3O3. The Morgan fingerprint density at radius 1 is 1.15 bits per heavy atom. The highest BCUT2D eigenvalue weighted by Gasteiger charge is 2.16. The molecule has 3 aromatic rings. The summed E-state index contributed by atoms with van der Waals surface area (Å²) in [6, 6.07) is 11.3. The van der Waals surface area contributed by atoms with E-state index in [1.54, 1.807) is 18.3 Å². The average molecular weight is 367 g/mol. The number of amides is 1. The van der Waals surface area contributed by atoms with Crippen LogP contribution < -0.4 is 5.32 Å². The van der Waals surface area contributed by atoms with Crippen molar-refractivity contribution >= 4 is 5.91 Å². The van der Waals surface area contributed by atoms with E-state index in [0.29, 0.717) is 18.1 Å². The molecule has 0 spiro atoms. The van der Waals surface area contributed by atoms with Crippen LogP contribution in [0, 0.1) is 0 Å². The summed E-state index contributed by atoms with van der Waals surface area (Å²) in [5, 5.41) is 2.89. The molecular weight excluding hydrogens is 342 g/mol. The van der Waals surface area contributed by atoms with Gasteiger partial charge in [0.05, 0.1) is 6.54 Å². The van der Waals surface area contributed by atoms with E-state index in [0.717, 1.165) is 24.3 Å². The predicted octanol–water partition coefficient (Wildman–Crippen LogP) is 4.09. The van der Waals surface area contributed by atoms with Crippen LogP contribution in [0.2, 0.25) is 0 Å². The van der Waals surface area contributed by atoms with Gasteiger partial charge in [0.25, 0.3) is 5.91 Å². The number of carbonyl (C=O) groups excluding carboxylic acids is 1. The van der Waals surface area contributed by atoms with Crippen LogP contribution in [-0.4, -0.2) is 28.9 Å². The Morgan fingerprint density at radius 2 is 1.93 bits per heavy atom. The van der Waals surface area contributed by atoms with Crippen LogP contribution in [0.15, 0.2) is 57.6 Å². The van der Waals surface area contributed by atoms with E-state index in [9.17, 15) is 4.79 Å². The van der Waals surface area contributed by atoms with E-state index in [1.165, 1.54) is 0 Å². The van der Waals surface area contributed by atoms with Crippen molar-refractivity contribution in [3.63, 3.8) is 0 Å². The standard InChI is InChI=1S/C21H25N3O3/c1-4-15(2)23-21(25)20-10-9-19(27-20)18-8-7-17(26-18)14-24(3)13-16-6-5-11-22-12-16/h5-12,15H,4,13-14H2,1-3H3,(H,23,25). The number of nitrogens with zero attached hydrogens (tertiary/aromatic N) is 2. The highest BCUT2D eigenvalue weighted by molar-refractivity contribution is 5.92. The first kappa shape index (κ1) is 18.9. The van der Waals surface area contributed by atoms with Crippen LogP contribution in [0.1, 0.15) is 42.1 Å². The lowest BCUT2D eigenvalue weighted by molar-refractivity contribution is 0.0912. The summed E-state index contributed by atoms with van der Waals surface area (Å²) in [7, 11) is 2.03. The van der Waals surface area contributed by atoms with Crippen molar-refractivity contribution in [1.82, 2.24) is 15.2 Å². The topological polar surface area (TPSA) is 71.5 Å². The van der Waals surface area contributed by atoms with Gasteiger partial charge in [0.15, 0.2) is 17.3 Å². The molecule has 0 aromatic carbocycles. The predicted molar refractivity (Wildman–Crippen MR) is 103 cm³/mol. The minimum atomic E-state index is -0.210. The summed E-state index contributed by atoms with van der Waals surface area (Å²) < 4.78 is 11.6. The van der Waals surface area contributed by atoms with Crippen LogP contribution in [-0.2, 0) is 13.1 Å². The van der Waals surface area contributed by atoms with E-state index < -0.39 is 0 Å². The Hall–Kier alpha value is -2.86. The van der Waals surface area contributed by atoms with Gasteiger partial charge in [0, 0.05) is 25.0 Å². The lowest BCUT2D eigenvalue weighted by Crippen LogP contribution is -2.31. The molecule has 0 fully saturated rings. The average Bonchev–Trinajstić information content (AvgIpc) is 3.31. The molecule has 0 saturated heterocycles. The van der Waals surface area contributed by atoms with Gasteiger partial charge < -0.3 is 14.2 Å². The zero-order valence-electron chi connectivity index (χ0n) is 15.9. The second kappa shape index (κ2) is 8.68. The second-order valence-corrected chi connectivity index (χ2v) is 6.75. The van der Waals surface area contributed by atoms with Gasteiger partial charge in [0.2, 0.25) is 0 Å². The van der Waals surface area contributed by atoms with Crippen molar-refractivity contribution in [2.45, 2.75) is 39.4 Å². The lowest BCUT2D eigenvalue weighted by Gasteiger charge is -2.14. The second-order valence-electron chi connectivity index (χ2n) is 6.75. The van der Waals surface area contributed by atoms with Crippen LogP contribution in [0.5, 0.6) is 0 Å². The molecule has 142 valence electrons. The summed E-state index contributed by atoms with van der Waals surface area (Å²) in [6.07, 6.45) is 4.50.